The van der Waals surface area contributed by atoms with Gasteiger partial charge in [-0.25, -0.2) is 17.5 Å². The minimum absolute atomic E-state index is 0.237. The molecule has 0 unspecified atom stereocenters. The van der Waals surface area contributed by atoms with Crippen LogP contribution in [0.3, 0.4) is 0 Å². The van der Waals surface area contributed by atoms with Gasteiger partial charge in [-0.3, -0.25) is 0 Å². The smallest absolute Gasteiger partial charge is 0.244 e. The average molecular weight is 286 g/mol. The van der Waals surface area contributed by atoms with E-state index in [4.69, 9.17) is 5.73 Å². The van der Waals surface area contributed by atoms with Crippen molar-refractivity contribution in [1.29, 1.82) is 0 Å². The molecule has 4 nitrogen and oxygen atoms in total. The van der Waals surface area contributed by atoms with E-state index in [0.29, 0.717) is 12.8 Å². The SMILES string of the molecule is NCC1(NS(=O)(=O)c2ccccc2F)CCCCC1. The van der Waals surface area contributed by atoms with E-state index in [2.05, 4.69) is 4.72 Å². The van der Waals surface area contributed by atoms with Gasteiger partial charge < -0.3 is 5.73 Å². The monoisotopic (exact) mass is 286 g/mol. The Bertz CT molecular complexity index is 539. The van der Waals surface area contributed by atoms with Crippen molar-refractivity contribution < 1.29 is 12.8 Å². The van der Waals surface area contributed by atoms with Crippen LogP contribution in [0.25, 0.3) is 0 Å². The first kappa shape index (κ1) is 14.4. The van der Waals surface area contributed by atoms with Gasteiger partial charge in [0.2, 0.25) is 10.0 Å². The summed E-state index contributed by atoms with van der Waals surface area (Å²) in [5.41, 5.74) is 5.12. The lowest BCUT2D eigenvalue weighted by Gasteiger charge is -2.36. The summed E-state index contributed by atoms with van der Waals surface area (Å²) in [5, 5.41) is 0. The Balaban J connectivity index is 2.28. The summed E-state index contributed by atoms with van der Waals surface area (Å²) in [4.78, 5) is -0.312. The highest BCUT2D eigenvalue weighted by Crippen LogP contribution is 2.29. The molecule has 1 aliphatic carbocycles. The number of hydrogen-bond acceptors (Lipinski definition) is 3. The largest absolute Gasteiger partial charge is 0.329 e. The van der Waals surface area contributed by atoms with E-state index in [1.807, 2.05) is 0 Å². The van der Waals surface area contributed by atoms with E-state index in [-0.39, 0.29) is 11.4 Å². The first-order valence-electron chi connectivity index (χ1n) is 6.48. The molecule has 0 heterocycles. The van der Waals surface area contributed by atoms with Crippen LogP contribution in [0.15, 0.2) is 29.2 Å². The van der Waals surface area contributed by atoms with E-state index in [9.17, 15) is 12.8 Å². The highest BCUT2D eigenvalue weighted by Gasteiger charge is 2.36. The number of sulfonamides is 1. The van der Waals surface area contributed by atoms with Crippen molar-refractivity contribution in [3.63, 3.8) is 0 Å². The Morgan fingerprint density at radius 1 is 1.21 bits per heavy atom. The molecule has 1 aliphatic rings. The molecule has 1 saturated carbocycles. The van der Waals surface area contributed by atoms with E-state index >= 15 is 0 Å². The summed E-state index contributed by atoms with van der Waals surface area (Å²) >= 11 is 0. The van der Waals surface area contributed by atoms with Crippen molar-refractivity contribution in [2.45, 2.75) is 42.5 Å². The van der Waals surface area contributed by atoms with Crippen LogP contribution in [-0.2, 0) is 10.0 Å². The first-order chi connectivity index (χ1) is 8.99. The second-order valence-corrected chi connectivity index (χ2v) is 6.73. The zero-order chi connectivity index (χ0) is 13.9. The number of hydrogen-bond donors (Lipinski definition) is 2. The number of rotatable bonds is 4. The number of nitrogens with two attached hydrogens (primary N) is 1. The molecule has 3 N–H and O–H groups in total. The lowest BCUT2D eigenvalue weighted by Crippen LogP contribution is -2.54. The lowest BCUT2D eigenvalue weighted by molar-refractivity contribution is 0.276. The van der Waals surface area contributed by atoms with Crippen molar-refractivity contribution in [2.75, 3.05) is 6.54 Å². The zero-order valence-electron chi connectivity index (χ0n) is 10.7. The van der Waals surface area contributed by atoms with E-state index < -0.39 is 21.4 Å². The van der Waals surface area contributed by atoms with Gasteiger partial charge in [-0.05, 0) is 25.0 Å². The highest BCUT2D eigenvalue weighted by atomic mass is 32.2. The highest BCUT2D eigenvalue weighted by molar-refractivity contribution is 7.89. The minimum atomic E-state index is -3.87. The molecule has 0 amide bonds. The molecule has 1 fully saturated rings. The third-order valence-electron chi connectivity index (χ3n) is 3.68. The van der Waals surface area contributed by atoms with Crippen LogP contribution in [0.1, 0.15) is 32.1 Å². The van der Waals surface area contributed by atoms with Gasteiger partial charge in [0.1, 0.15) is 10.7 Å². The van der Waals surface area contributed by atoms with E-state index in [1.54, 1.807) is 0 Å². The van der Waals surface area contributed by atoms with Crippen LogP contribution in [0.4, 0.5) is 4.39 Å². The Morgan fingerprint density at radius 3 is 2.42 bits per heavy atom. The second-order valence-electron chi connectivity index (χ2n) is 5.08. The second kappa shape index (κ2) is 5.56. The van der Waals surface area contributed by atoms with Crippen molar-refractivity contribution in [2.24, 2.45) is 5.73 Å². The topological polar surface area (TPSA) is 72.2 Å². The predicted octanol–water partition coefficient (Wildman–Crippen LogP) is 1.77. The van der Waals surface area contributed by atoms with Gasteiger partial charge >= 0.3 is 0 Å². The summed E-state index contributed by atoms with van der Waals surface area (Å²) in [6, 6.07) is 5.39. The van der Waals surface area contributed by atoms with Crippen molar-refractivity contribution >= 4 is 10.0 Å². The fraction of sp³-hybridized carbons (Fsp3) is 0.538. The molecule has 2 rings (SSSR count). The zero-order valence-corrected chi connectivity index (χ0v) is 11.5. The number of benzene rings is 1. The van der Waals surface area contributed by atoms with Gasteiger partial charge in [-0.15, -0.1) is 0 Å². The fourth-order valence-electron chi connectivity index (χ4n) is 2.58. The maximum atomic E-state index is 13.6. The van der Waals surface area contributed by atoms with Gasteiger partial charge in [0.25, 0.3) is 0 Å². The van der Waals surface area contributed by atoms with Crippen molar-refractivity contribution in [3.8, 4) is 0 Å². The molecule has 1 aromatic rings. The Kier molecular flexibility index (Phi) is 4.23. The Hall–Kier alpha value is -0.980. The van der Waals surface area contributed by atoms with Crippen molar-refractivity contribution in [3.05, 3.63) is 30.1 Å². The molecule has 1 aromatic carbocycles. The lowest BCUT2D eigenvalue weighted by atomic mass is 9.83. The van der Waals surface area contributed by atoms with Crippen LogP contribution < -0.4 is 10.5 Å². The van der Waals surface area contributed by atoms with Crippen molar-refractivity contribution in [1.82, 2.24) is 4.72 Å². The molecule has 0 atom stereocenters. The molecule has 0 bridgehead atoms. The average Bonchev–Trinajstić information content (AvgIpc) is 2.39. The summed E-state index contributed by atoms with van der Waals surface area (Å²) < 4.78 is 40.8. The van der Waals surface area contributed by atoms with Gasteiger partial charge in [0, 0.05) is 12.1 Å². The molecule has 0 saturated heterocycles. The van der Waals surface area contributed by atoms with Crippen LogP contribution in [0.5, 0.6) is 0 Å². The molecule has 0 radical (unpaired) electrons. The minimum Gasteiger partial charge on any atom is -0.329 e. The van der Waals surface area contributed by atoms with Gasteiger partial charge in [-0.1, -0.05) is 31.4 Å². The molecule has 6 heteroatoms. The summed E-state index contributed by atoms with van der Waals surface area (Å²) in [6.07, 6.45) is 4.38. The standard InChI is InChI=1S/C13H19FN2O2S/c14-11-6-2-3-7-12(11)19(17,18)16-13(10-15)8-4-1-5-9-13/h2-3,6-7,16H,1,4-5,8-10,15H2. The first-order valence-corrected chi connectivity index (χ1v) is 7.96. The predicted molar refractivity (Wildman–Crippen MR) is 71.6 cm³/mol. The molecular formula is C13H19FN2O2S. The maximum Gasteiger partial charge on any atom is 0.244 e. The number of nitrogens with one attached hydrogen (secondary N) is 1. The summed E-state index contributed by atoms with van der Waals surface area (Å²) in [5.74, 6) is -0.738. The molecule has 0 aliphatic heterocycles. The Labute approximate surface area is 113 Å². The molecular weight excluding hydrogens is 267 g/mol. The quantitative estimate of drug-likeness (QED) is 0.886. The third kappa shape index (κ3) is 3.13. The van der Waals surface area contributed by atoms with Gasteiger partial charge in [0.05, 0.1) is 0 Å². The fourth-order valence-corrected chi connectivity index (χ4v) is 4.13. The summed E-state index contributed by atoms with van der Waals surface area (Å²) in [7, 11) is -3.87. The van der Waals surface area contributed by atoms with Crippen LogP contribution in [0.2, 0.25) is 0 Å². The Morgan fingerprint density at radius 2 is 1.84 bits per heavy atom. The molecule has 19 heavy (non-hydrogen) atoms. The van der Waals surface area contributed by atoms with Crippen LogP contribution >= 0.6 is 0 Å². The van der Waals surface area contributed by atoms with Crippen LogP contribution in [0, 0.1) is 5.82 Å². The van der Waals surface area contributed by atoms with Gasteiger partial charge in [0.15, 0.2) is 0 Å². The molecule has 0 spiro atoms. The summed E-state index contributed by atoms with van der Waals surface area (Å²) in [6.45, 7) is 0.237. The van der Waals surface area contributed by atoms with E-state index in [0.717, 1.165) is 25.3 Å². The number of halogens is 1. The van der Waals surface area contributed by atoms with Gasteiger partial charge in [-0.2, -0.15) is 0 Å². The maximum absolute atomic E-state index is 13.6. The molecule has 0 aromatic heterocycles. The van der Waals surface area contributed by atoms with Crippen LogP contribution in [-0.4, -0.2) is 20.5 Å². The normalized spacial score (nSPS) is 19.3. The molecule has 106 valence electrons. The third-order valence-corrected chi connectivity index (χ3v) is 5.29. The van der Waals surface area contributed by atoms with E-state index in [1.165, 1.54) is 18.2 Å².